The highest BCUT2D eigenvalue weighted by Gasteiger charge is 2.15. The van der Waals surface area contributed by atoms with Gasteiger partial charge in [-0.2, -0.15) is 0 Å². The highest BCUT2D eigenvalue weighted by atomic mass is 79.9. The molecular formula is C15H23BrN2O. The normalized spacial score (nSPS) is 17.6. The van der Waals surface area contributed by atoms with Crippen LogP contribution in [0.15, 0.2) is 22.7 Å². The van der Waals surface area contributed by atoms with Crippen LogP contribution in [0, 0.1) is 0 Å². The number of hydrogen-bond acceptors (Lipinski definition) is 3. The fourth-order valence-electron chi connectivity index (χ4n) is 2.43. The molecule has 1 aliphatic rings. The number of aryl methyl sites for hydroxylation is 1. The quantitative estimate of drug-likeness (QED) is 0.904. The summed E-state index contributed by atoms with van der Waals surface area (Å²) < 4.78 is 7.03. The van der Waals surface area contributed by atoms with Gasteiger partial charge in [0.25, 0.3) is 0 Å². The average molecular weight is 327 g/mol. The van der Waals surface area contributed by atoms with E-state index in [0.717, 1.165) is 55.7 Å². The Morgan fingerprint density at radius 1 is 1.37 bits per heavy atom. The van der Waals surface area contributed by atoms with E-state index in [2.05, 4.69) is 39.9 Å². The van der Waals surface area contributed by atoms with Crippen LogP contribution in [0.4, 0.5) is 0 Å². The van der Waals surface area contributed by atoms with Crippen molar-refractivity contribution in [3.05, 3.63) is 28.2 Å². The maximum atomic E-state index is 5.92. The van der Waals surface area contributed by atoms with E-state index < -0.39 is 0 Å². The van der Waals surface area contributed by atoms with Crippen LogP contribution in [0.1, 0.15) is 25.3 Å². The second-order valence-electron chi connectivity index (χ2n) is 5.13. The van der Waals surface area contributed by atoms with Crippen molar-refractivity contribution in [2.75, 3.05) is 26.2 Å². The molecule has 1 aliphatic heterocycles. The van der Waals surface area contributed by atoms with E-state index in [1.54, 1.807) is 0 Å². The molecule has 0 atom stereocenters. The third-order valence-corrected chi connectivity index (χ3v) is 4.19. The topological polar surface area (TPSA) is 38.5 Å². The molecule has 0 aromatic heterocycles. The summed E-state index contributed by atoms with van der Waals surface area (Å²) in [4.78, 5) is 2.44. The SMILES string of the molecule is CCc1cc(Br)ccc1OCCN1CCC(N)CC1. The fraction of sp³-hybridized carbons (Fsp3) is 0.600. The zero-order chi connectivity index (χ0) is 13.7. The molecule has 0 amide bonds. The lowest BCUT2D eigenvalue weighted by molar-refractivity contribution is 0.173. The first-order valence-electron chi connectivity index (χ1n) is 7.08. The van der Waals surface area contributed by atoms with Gasteiger partial charge in [-0.05, 0) is 56.1 Å². The molecule has 0 radical (unpaired) electrons. The van der Waals surface area contributed by atoms with Crippen molar-refractivity contribution in [1.29, 1.82) is 0 Å². The third kappa shape index (κ3) is 4.48. The van der Waals surface area contributed by atoms with Crippen molar-refractivity contribution >= 4 is 15.9 Å². The zero-order valence-corrected chi connectivity index (χ0v) is 13.2. The average Bonchev–Trinajstić information content (AvgIpc) is 2.42. The van der Waals surface area contributed by atoms with Gasteiger partial charge in [-0.3, -0.25) is 4.90 Å². The lowest BCUT2D eigenvalue weighted by atomic mass is 10.1. The van der Waals surface area contributed by atoms with E-state index in [1.807, 2.05) is 6.07 Å². The van der Waals surface area contributed by atoms with E-state index in [1.165, 1.54) is 5.56 Å². The van der Waals surface area contributed by atoms with Gasteiger partial charge in [0, 0.05) is 17.1 Å². The zero-order valence-electron chi connectivity index (χ0n) is 11.6. The van der Waals surface area contributed by atoms with Gasteiger partial charge in [0.15, 0.2) is 0 Å². The van der Waals surface area contributed by atoms with Crippen LogP contribution in [0.25, 0.3) is 0 Å². The number of benzene rings is 1. The smallest absolute Gasteiger partial charge is 0.122 e. The molecule has 106 valence electrons. The summed E-state index contributed by atoms with van der Waals surface area (Å²) in [6, 6.07) is 6.62. The Balaban J connectivity index is 1.79. The number of nitrogens with two attached hydrogens (primary N) is 1. The third-order valence-electron chi connectivity index (χ3n) is 3.70. The number of nitrogens with zero attached hydrogens (tertiary/aromatic N) is 1. The van der Waals surface area contributed by atoms with Gasteiger partial charge < -0.3 is 10.5 Å². The van der Waals surface area contributed by atoms with Crippen LogP contribution in [-0.4, -0.2) is 37.2 Å². The summed E-state index contributed by atoms with van der Waals surface area (Å²) in [5.41, 5.74) is 7.17. The van der Waals surface area contributed by atoms with Crippen LogP contribution in [0.3, 0.4) is 0 Å². The predicted molar refractivity (Wildman–Crippen MR) is 82.7 cm³/mol. The summed E-state index contributed by atoms with van der Waals surface area (Å²) >= 11 is 3.50. The summed E-state index contributed by atoms with van der Waals surface area (Å²) in [7, 11) is 0. The lowest BCUT2D eigenvalue weighted by Gasteiger charge is -2.29. The molecule has 1 aromatic rings. The number of rotatable bonds is 5. The predicted octanol–water partition coefficient (Wildman–Crippen LogP) is 2.81. The van der Waals surface area contributed by atoms with Crippen molar-refractivity contribution < 1.29 is 4.74 Å². The Morgan fingerprint density at radius 2 is 2.11 bits per heavy atom. The molecule has 0 bridgehead atoms. The van der Waals surface area contributed by atoms with Gasteiger partial charge >= 0.3 is 0 Å². The molecule has 0 aliphatic carbocycles. The summed E-state index contributed by atoms with van der Waals surface area (Å²) in [6.07, 6.45) is 3.21. The molecule has 1 heterocycles. The number of ether oxygens (including phenoxy) is 1. The van der Waals surface area contributed by atoms with Crippen molar-refractivity contribution in [1.82, 2.24) is 4.90 Å². The largest absolute Gasteiger partial charge is 0.492 e. The minimum Gasteiger partial charge on any atom is -0.492 e. The van der Waals surface area contributed by atoms with E-state index in [0.29, 0.717) is 6.04 Å². The number of likely N-dealkylation sites (tertiary alicyclic amines) is 1. The molecule has 2 rings (SSSR count). The molecule has 3 nitrogen and oxygen atoms in total. The summed E-state index contributed by atoms with van der Waals surface area (Å²) in [5, 5.41) is 0. The van der Waals surface area contributed by atoms with E-state index >= 15 is 0 Å². The van der Waals surface area contributed by atoms with Gasteiger partial charge in [0.05, 0.1) is 0 Å². The van der Waals surface area contributed by atoms with Crippen molar-refractivity contribution in [2.45, 2.75) is 32.2 Å². The van der Waals surface area contributed by atoms with Crippen LogP contribution in [0.5, 0.6) is 5.75 Å². The van der Waals surface area contributed by atoms with Gasteiger partial charge in [-0.15, -0.1) is 0 Å². The second-order valence-corrected chi connectivity index (χ2v) is 6.05. The maximum absolute atomic E-state index is 5.92. The Hall–Kier alpha value is -0.580. The van der Waals surface area contributed by atoms with E-state index in [4.69, 9.17) is 10.5 Å². The summed E-state index contributed by atoms with van der Waals surface area (Å²) in [5.74, 6) is 1.01. The molecular weight excluding hydrogens is 304 g/mol. The maximum Gasteiger partial charge on any atom is 0.122 e. The van der Waals surface area contributed by atoms with E-state index in [9.17, 15) is 0 Å². The Bertz CT molecular complexity index is 403. The van der Waals surface area contributed by atoms with Gasteiger partial charge in [-0.1, -0.05) is 22.9 Å². The molecule has 2 N–H and O–H groups in total. The number of piperidine rings is 1. The molecule has 0 unspecified atom stereocenters. The minimum atomic E-state index is 0.398. The van der Waals surface area contributed by atoms with E-state index in [-0.39, 0.29) is 0 Å². The molecule has 4 heteroatoms. The van der Waals surface area contributed by atoms with Crippen molar-refractivity contribution in [2.24, 2.45) is 5.73 Å². The van der Waals surface area contributed by atoms with Gasteiger partial charge in [0.1, 0.15) is 12.4 Å². The number of halogens is 1. The fourth-order valence-corrected chi connectivity index (χ4v) is 2.83. The lowest BCUT2D eigenvalue weighted by Crippen LogP contribution is -2.41. The van der Waals surface area contributed by atoms with Crippen LogP contribution < -0.4 is 10.5 Å². The second kappa shape index (κ2) is 7.27. The number of hydrogen-bond donors (Lipinski definition) is 1. The Labute approximate surface area is 124 Å². The highest BCUT2D eigenvalue weighted by Crippen LogP contribution is 2.23. The molecule has 0 spiro atoms. The molecule has 1 aromatic carbocycles. The van der Waals surface area contributed by atoms with Gasteiger partial charge in [-0.25, -0.2) is 0 Å². The molecule has 1 fully saturated rings. The van der Waals surface area contributed by atoms with Crippen LogP contribution in [0.2, 0.25) is 0 Å². The Kier molecular flexibility index (Phi) is 5.67. The van der Waals surface area contributed by atoms with Gasteiger partial charge in [0.2, 0.25) is 0 Å². The first-order chi connectivity index (χ1) is 9.19. The molecule has 1 saturated heterocycles. The molecule has 19 heavy (non-hydrogen) atoms. The van der Waals surface area contributed by atoms with Crippen molar-refractivity contribution in [3.8, 4) is 5.75 Å². The van der Waals surface area contributed by atoms with Crippen molar-refractivity contribution in [3.63, 3.8) is 0 Å². The standard InChI is InChI=1S/C15H23BrN2O/c1-2-12-11-13(16)3-4-15(12)19-10-9-18-7-5-14(17)6-8-18/h3-4,11,14H,2,5-10,17H2,1H3. The minimum absolute atomic E-state index is 0.398. The first-order valence-corrected chi connectivity index (χ1v) is 7.87. The van der Waals surface area contributed by atoms with Crippen LogP contribution in [-0.2, 0) is 6.42 Å². The molecule has 0 saturated carbocycles. The first kappa shape index (κ1) is 14.8. The monoisotopic (exact) mass is 326 g/mol. The Morgan fingerprint density at radius 3 is 2.79 bits per heavy atom. The summed E-state index contributed by atoms with van der Waals surface area (Å²) in [6.45, 7) is 6.10. The highest BCUT2D eigenvalue weighted by molar-refractivity contribution is 9.10. The van der Waals surface area contributed by atoms with Crippen LogP contribution >= 0.6 is 15.9 Å².